The van der Waals surface area contributed by atoms with E-state index in [1.807, 2.05) is 27.7 Å². The summed E-state index contributed by atoms with van der Waals surface area (Å²) < 4.78 is 0. The molecule has 0 aliphatic rings. The van der Waals surface area contributed by atoms with E-state index >= 15 is 0 Å². The number of hydrogen-bond acceptors (Lipinski definition) is 3. The minimum absolute atomic E-state index is 0.113. The lowest BCUT2D eigenvalue weighted by Crippen LogP contribution is -1.97. The molecule has 0 amide bonds. The lowest BCUT2D eigenvalue weighted by molar-refractivity contribution is 0.0693. The molecule has 0 fully saturated rings. The summed E-state index contributed by atoms with van der Waals surface area (Å²) in [6, 6.07) is 2.23. The van der Waals surface area contributed by atoms with Gasteiger partial charge in [-0.15, -0.1) is 0 Å². The molecule has 1 rings (SSSR count). The lowest BCUT2D eigenvalue weighted by Gasteiger charge is -2.02. The van der Waals surface area contributed by atoms with Gasteiger partial charge in [0.05, 0.1) is 0 Å². The highest BCUT2D eigenvalue weighted by Gasteiger charge is 2.11. The van der Waals surface area contributed by atoms with Crippen molar-refractivity contribution in [3.8, 4) is 11.5 Å². The van der Waals surface area contributed by atoms with Crippen molar-refractivity contribution in [3.63, 3.8) is 0 Å². The number of carbonyl (C=O) groups is 1. The molecule has 16 heavy (non-hydrogen) atoms. The Morgan fingerprint density at radius 2 is 1.44 bits per heavy atom. The molecule has 0 bridgehead atoms. The molecule has 0 unspecified atom stereocenters. The topological polar surface area (TPSA) is 77.8 Å². The number of carboxylic acids is 1. The summed E-state index contributed by atoms with van der Waals surface area (Å²) >= 11 is 0. The van der Waals surface area contributed by atoms with Crippen LogP contribution in [-0.4, -0.2) is 21.3 Å². The molecule has 0 aliphatic carbocycles. The van der Waals surface area contributed by atoms with Crippen LogP contribution in [0.15, 0.2) is 12.1 Å². The molecule has 0 saturated heterocycles. The van der Waals surface area contributed by atoms with Crippen molar-refractivity contribution in [1.29, 1.82) is 0 Å². The monoisotopic (exact) mass is 228 g/mol. The third kappa shape index (κ3) is 4.68. The first-order valence-electron chi connectivity index (χ1n) is 5.28. The van der Waals surface area contributed by atoms with Gasteiger partial charge < -0.3 is 15.3 Å². The van der Waals surface area contributed by atoms with E-state index in [2.05, 4.69) is 0 Å². The molecule has 1 aromatic carbocycles. The highest BCUT2D eigenvalue weighted by Crippen LogP contribution is 2.26. The van der Waals surface area contributed by atoms with Crippen molar-refractivity contribution in [1.82, 2.24) is 0 Å². The number of hydrogen-bond donors (Lipinski definition) is 3. The summed E-state index contributed by atoms with van der Waals surface area (Å²) in [4.78, 5) is 10.4. The molecule has 1 aromatic rings. The van der Waals surface area contributed by atoms with E-state index in [9.17, 15) is 4.79 Å². The van der Waals surface area contributed by atoms with Gasteiger partial charge in [0.2, 0.25) is 0 Å². The number of phenols is 2. The summed E-state index contributed by atoms with van der Waals surface area (Å²) in [6.45, 7) is 9.56. The van der Waals surface area contributed by atoms with E-state index in [0.29, 0.717) is 5.56 Å². The van der Waals surface area contributed by atoms with Gasteiger partial charge in [-0.2, -0.15) is 0 Å². The maximum absolute atomic E-state index is 10.4. The van der Waals surface area contributed by atoms with Gasteiger partial charge in [-0.25, -0.2) is 4.79 Å². The number of aromatic hydroxyl groups is 2. The Bertz CT molecular complexity index is 332. The van der Waals surface area contributed by atoms with Gasteiger partial charge in [-0.05, 0) is 18.6 Å². The van der Waals surface area contributed by atoms with Gasteiger partial charge in [0.15, 0.2) is 0 Å². The summed E-state index contributed by atoms with van der Waals surface area (Å²) in [5, 5.41) is 26.6. The maximum Gasteiger partial charge on any atom is 0.339 e. The van der Waals surface area contributed by atoms with Gasteiger partial charge in [-0.1, -0.05) is 27.7 Å². The van der Waals surface area contributed by atoms with Crippen molar-refractivity contribution in [2.45, 2.75) is 34.6 Å². The molecule has 0 aromatic heterocycles. The fourth-order valence-electron chi connectivity index (χ4n) is 0.857. The van der Waals surface area contributed by atoms with Crippen LogP contribution in [-0.2, 0) is 0 Å². The van der Waals surface area contributed by atoms with E-state index in [0.717, 1.165) is 6.07 Å². The van der Waals surface area contributed by atoms with E-state index < -0.39 is 11.7 Å². The van der Waals surface area contributed by atoms with Crippen LogP contribution in [0, 0.1) is 6.92 Å². The summed E-state index contributed by atoms with van der Waals surface area (Å²) in [6.07, 6.45) is 0. The smallest absolute Gasteiger partial charge is 0.339 e. The zero-order valence-electron chi connectivity index (χ0n) is 10.4. The minimum atomic E-state index is -1.21. The Morgan fingerprint density at radius 3 is 1.81 bits per heavy atom. The molecule has 0 atom stereocenters. The first-order chi connectivity index (χ1) is 7.52. The number of benzene rings is 1. The quantitative estimate of drug-likeness (QED) is 0.690. The fourth-order valence-corrected chi connectivity index (χ4v) is 0.857. The average Bonchev–Trinajstić information content (AvgIpc) is 2.28. The lowest BCUT2D eigenvalue weighted by atomic mass is 10.1. The van der Waals surface area contributed by atoms with Crippen molar-refractivity contribution in [3.05, 3.63) is 23.3 Å². The molecule has 0 heterocycles. The molecular formula is C12H20O4. The fraction of sp³-hybridized carbons (Fsp3) is 0.417. The minimum Gasteiger partial charge on any atom is -0.508 e. The van der Waals surface area contributed by atoms with Gasteiger partial charge in [-0.3, -0.25) is 0 Å². The molecule has 0 spiro atoms. The predicted octanol–water partition coefficient (Wildman–Crippen LogP) is 3.16. The van der Waals surface area contributed by atoms with Gasteiger partial charge in [0.1, 0.15) is 17.1 Å². The maximum atomic E-state index is 10.4. The van der Waals surface area contributed by atoms with Crippen LogP contribution < -0.4 is 0 Å². The SMILES string of the molecule is CC.CC.Cc1cc(C(=O)O)c(O)cc1O. The molecule has 0 radical (unpaired) electrons. The summed E-state index contributed by atoms with van der Waals surface area (Å²) in [5.41, 5.74) is 0.218. The Balaban J connectivity index is 0. The van der Waals surface area contributed by atoms with Crippen LogP contribution in [0.25, 0.3) is 0 Å². The zero-order chi connectivity index (χ0) is 13.3. The standard InChI is InChI=1S/C8H8O4.2C2H6/c1-4-2-5(8(11)12)7(10)3-6(4)9;2*1-2/h2-3,9-10H,1H3,(H,11,12);2*1-2H3. The van der Waals surface area contributed by atoms with Crippen molar-refractivity contribution < 1.29 is 20.1 Å². The van der Waals surface area contributed by atoms with E-state index in [1.54, 1.807) is 6.92 Å². The predicted molar refractivity (Wildman–Crippen MR) is 64.2 cm³/mol. The second kappa shape index (κ2) is 8.59. The number of carboxylic acid groups (broad SMARTS) is 1. The van der Waals surface area contributed by atoms with Gasteiger partial charge >= 0.3 is 5.97 Å². The van der Waals surface area contributed by atoms with E-state index in [4.69, 9.17) is 15.3 Å². The molecule has 3 N–H and O–H groups in total. The Labute approximate surface area is 96.2 Å². The third-order valence-corrected chi connectivity index (χ3v) is 1.54. The highest BCUT2D eigenvalue weighted by atomic mass is 16.4. The van der Waals surface area contributed by atoms with Crippen LogP contribution >= 0.6 is 0 Å². The van der Waals surface area contributed by atoms with Crippen LogP contribution in [0.1, 0.15) is 43.6 Å². The number of rotatable bonds is 1. The second-order valence-electron chi connectivity index (χ2n) is 2.46. The number of aromatic carboxylic acids is 1. The third-order valence-electron chi connectivity index (χ3n) is 1.54. The first kappa shape index (κ1) is 16.7. The van der Waals surface area contributed by atoms with Gasteiger partial charge in [0.25, 0.3) is 0 Å². The van der Waals surface area contributed by atoms with Crippen molar-refractivity contribution in [2.75, 3.05) is 0 Å². The van der Waals surface area contributed by atoms with Crippen LogP contribution in [0.4, 0.5) is 0 Å². The summed E-state index contributed by atoms with van der Waals surface area (Å²) in [5.74, 6) is -1.75. The number of phenolic OH excluding ortho intramolecular Hbond substituents is 1. The van der Waals surface area contributed by atoms with Gasteiger partial charge in [0, 0.05) is 6.07 Å². The second-order valence-corrected chi connectivity index (χ2v) is 2.46. The molecule has 4 nitrogen and oxygen atoms in total. The Hall–Kier alpha value is -1.71. The van der Waals surface area contributed by atoms with Crippen LogP contribution in [0.2, 0.25) is 0 Å². The highest BCUT2D eigenvalue weighted by molar-refractivity contribution is 5.91. The average molecular weight is 228 g/mol. The zero-order valence-corrected chi connectivity index (χ0v) is 10.4. The van der Waals surface area contributed by atoms with Crippen LogP contribution in [0.3, 0.4) is 0 Å². The van der Waals surface area contributed by atoms with Crippen LogP contribution in [0.5, 0.6) is 11.5 Å². The Kier molecular flexibility index (Phi) is 8.97. The Morgan fingerprint density at radius 1 is 1.00 bits per heavy atom. The first-order valence-corrected chi connectivity index (χ1v) is 5.28. The normalized spacial score (nSPS) is 8.06. The van der Waals surface area contributed by atoms with E-state index in [1.165, 1.54) is 6.07 Å². The van der Waals surface area contributed by atoms with Crippen molar-refractivity contribution in [2.24, 2.45) is 0 Å². The largest absolute Gasteiger partial charge is 0.508 e. The molecular weight excluding hydrogens is 208 g/mol. The molecule has 4 heteroatoms. The molecule has 92 valence electrons. The number of aryl methyl sites for hydroxylation is 1. The van der Waals surface area contributed by atoms with Crippen molar-refractivity contribution >= 4 is 5.97 Å². The summed E-state index contributed by atoms with van der Waals surface area (Å²) in [7, 11) is 0. The molecule has 0 saturated carbocycles. The van der Waals surface area contributed by atoms with E-state index in [-0.39, 0.29) is 11.3 Å². The molecule has 0 aliphatic heterocycles.